The molecule has 2 aromatic carbocycles. The molecule has 7 rings (SSSR count). The summed E-state index contributed by atoms with van der Waals surface area (Å²) in [6.45, 7) is 0. The summed E-state index contributed by atoms with van der Waals surface area (Å²) >= 11 is 6.00. The quantitative estimate of drug-likeness (QED) is 0.445. The van der Waals surface area contributed by atoms with E-state index in [1.54, 1.807) is 36.5 Å². The summed E-state index contributed by atoms with van der Waals surface area (Å²) in [5, 5.41) is 15.5. The van der Waals surface area contributed by atoms with Gasteiger partial charge in [-0.1, -0.05) is 23.7 Å². The molecule has 1 N–H and O–H groups in total. The van der Waals surface area contributed by atoms with Crippen LogP contribution in [0.5, 0.6) is 11.5 Å². The van der Waals surface area contributed by atoms with Crippen LogP contribution in [0, 0.1) is 5.41 Å². The van der Waals surface area contributed by atoms with Gasteiger partial charge in [0.1, 0.15) is 11.5 Å². The molecule has 0 spiro atoms. The highest BCUT2D eigenvalue weighted by Gasteiger charge is 2.69. The lowest BCUT2D eigenvalue weighted by atomic mass is 9.38. The summed E-state index contributed by atoms with van der Waals surface area (Å²) in [5.41, 5.74) is 1.93. The van der Waals surface area contributed by atoms with Gasteiger partial charge in [-0.05, 0) is 60.6 Å². The van der Waals surface area contributed by atoms with Gasteiger partial charge in [0.15, 0.2) is 11.9 Å². The van der Waals surface area contributed by atoms with Crippen LogP contribution >= 0.6 is 11.6 Å². The molecule has 3 fully saturated rings. The molecule has 1 aliphatic heterocycles. The standard InChI is InChI=1S/C26H22ClF3N2O4/c27-17-3-6-22-19(7-17)20(33)8-23(35-22)21(34)9-24-12-25(13-24,14-24)32-11-16(10-31-32)15-1-4-18(5-2-15)36-26(28,29)30/h1-7,10-11,20,23,33H,8-9,12-14H2/t20-,23-,24?,25?/m1/s1. The van der Waals surface area contributed by atoms with Crippen molar-refractivity contribution in [2.45, 2.75) is 56.2 Å². The fourth-order valence-corrected chi connectivity index (χ4v) is 6.23. The molecule has 36 heavy (non-hydrogen) atoms. The van der Waals surface area contributed by atoms with Gasteiger partial charge in [-0.15, -0.1) is 13.2 Å². The number of ketones is 1. The molecule has 0 radical (unpaired) electrons. The van der Waals surface area contributed by atoms with Crippen LogP contribution in [0.25, 0.3) is 11.1 Å². The molecule has 0 saturated heterocycles. The van der Waals surface area contributed by atoms with Crippen molar-refractivity contribution >= 4 is 17.4 Å². The van der Waals surface area contributed by atoms with Crippen molar-refractivity contribution in [1.82, 2.24) is 9.78 Å². The van der Waals surface area contributed by atoms with Gasteiger partial charge in [-0.3, -0.25) is 9.48 Å². The number of carbonyl (C=O) groups is 1. The summed E-state index contributed by atoms with van der Waals surface area (Å²) in [6, 6.07) is 10.7. The molecule has 0 unspecified atom stereocenters. The first kappa shape index (κ1) is 23.4. The van der Waals surface area contributed by atoms with Gasteiger partial charge in [-0.25, -0.2) is 0 Å². The van der Waals surface area contributed by atoms with Crippen LogP contribution < -0.4 is 9.47 Å². The SMILES string of the molecule is O=C(CC12CC(n3cc(-c4ccc(OC(F)(F)F)cc4)cn3)(C1)C2)[C@H]1C[C@@H](O)c2cc(Cl)ccc2O1. The first-order valence-electron chi connectivity index (χ1n) is 11.6. The second-order valence-electron chi connectivity index (χ2n) is 10.2. The van der Waals surface area contributed by atoms with E-state index in [0.29, 0.717) is 22.8 Å². The van der Waals surface area contributed by atoms with Crippen LogP contribution in [0.4, 0.5) is 13.2 Å². The predicted molar refractivity (Wildman–Crippen MR) is 124 cm³/mol. The third-order valence-electron chi connectivity index (χ3n) is 7.55. The molecule has 0 amide bonds. The molecule has 2 atom stereocenters. The normalized spacial score (nSPS) is 28.4. The van der Waals surface area contributed by atoms with Crippen LogP contribution in [-0.4, -0.2) is 33.1 Å². The Morgan fingerprint density at radius 2 is 1.89 bits per heavy atom. The maximum Gasteiger partial charge on any atom is 0.573 e. The number of ether oxygens (including phenoxy) is 2. The Morgan fingerprint density at radius 3 is 2.58 bits per heavy atom. The highest BCUT2D eigenvalue weighted by atomic mass is 35.5. The monoisotopic (exact) mass is 518 g/mol. The Bertz CT molecular complexity index is 1320. The van der Waals surface area contributed by atoms with Gasteiger partial charge in [0.25, 0.3) is 0 Å². The second-order valence-corrected chi connectivity index (χ2v) is 10.6. The number of Topliss-reactive ketones (excluding diaryl/α,β-unsaturated/α-hetero) is 1. The highest BCUT2D eigenvalue weighted by molar-refractivity contribution is 6.30. The van der Waals surface area contributed by atoms with E-state index in [4.69, 9.17) is 16.3 Å². The fourth-order valence-electron chi connectivity index (χ4n) is 6.05. The van der Waals surface area contributed by atoms with Crippen molar-refractivity contribution in [2.75, 3.05) is 0 Å². The number of nitrogens with zero attached hydrogens (tertiary/aromatic N) is 2. The molecule has 2 heterocycles. The zero-order valence-corrected chi connectivity index (χ0v) is 19.7. The topological polar surface area (TPSA) is 73.6 Å². The second kappa shape index (κ2) is 7.98. The highest BCUT2D eigenvalue weighted by Crippen LogP contribution is 2.73. The Hall–Kier alpha value is -3.04. The van der Waals surface area contributed by atoms with E-state index in [1.165, 1.54) is 12.1 Å². The van der Waals surface area contributed by atoms with E-state index in [-0.39, 0.29) is 28.9 Å². The molecule has 3 aliphatic carbocycles. The van der Waals surface area contributed by atoms with Gasteiger partial charge < -0.3 is 14.6 Å². The summed E-state index contributed by atoms with van der Waals surface area (Å²) in [4.78, 5) is 13.0. The number of aliphatic hydroxyl groups is 1. The van der Waals surface area contributed by atoms with Gasteiger partial charge in [0, 0.05) is 35.2 Å². The maximum atomic E-state index is 13.0. The Balaban J connectivity index is 1.07. The lowest BCUT2D eigenvalue weighted by Gasteiger charge is -2.70. The molecule has 188 valence electrons. The Labute approximate surface area is 209 Å². The van der Waals surface area contributed by atoms with Crippen LogP contribution in [-0.2, 0) is 10.3 Å². The molecule has 10 heteroatoms. The molecule has 1 aromatic heterocycles. The molecule has 2 bridgehead atoms. The maximum absolute atomic E-state index is 13.0. The van der Waals surface area contributed by atoms with Gasteiger partial charge in [0.2, 0.25) is 0 Å². The average Bonchev–Trinajstić information content (AvgIpc) is 3.24. The number of fused-ring (bicyclic) bond motifs is 1. The van der Waals surface area contributed by atoms with Gasteiger partial charge in [0.05, 0.1) is 17.8 Å². The Kier molecular flexibility index (Phi) is 5.18. The largest absolute Gasteiger partial charge is 0.573 e. The number of hydrogen-bond donors (Lipinski definition) is 1. The van der Waals surface area contributed by atoms with Crippen molar-refractivity contribution in [3.05, 3.63) is 65.4 Å². The lowest BCUT2D eigenvalue weighted by molar-refractivity contribution is -0.274. The third kappa shape index (κ3) is 4.04. The Morgan fingerprint density at radius 1 is 1.17 bits per heavy atom. The minimum atomic E-state index is -4.73. The van der Waals surface area contributed by atoms with E-state index >= 15 is 0 Å². The summed E-state index contributed by atoms with van der Waals surface area (Å²) in [7, 11) is 0. The number of rotatable bonds is 6. The minimum Gasteiger partial charge on any atom is -0.482 e. The summed E-state index contributed by atoms with van der Waals surface area (Å²) < 4.78 is 48.9. The first-order valence-corrected chi connectivity index (χ1v) is 12.0. The van der Waals surface area contributed by atoms with Gasteiger partial charge >= 0.3 is 6.36 Å². The molecule has 3 saturated carbocycles. The van der Waals surface area contributed by atoms with E-state index in [2.05, 4.69) is 9.84 Å². The minimum absolute atomic E-state index is 0.00901. The van der Waals surface area contributed by atoms with E-state index in [1.807, 2.05) is 10.9 Å². The van der Waals surface area contributed by atoms with Crippen LogP contribution in [0.15, 0.2) is 54.9 Å². The molecule has 6 nitrogen and oxygen atoms in total. The van der Waals surface area contributed by atoms with Crippen molar-refractivity contribution in [3.8, 4) is 22.6 Å². The predicted octanol–water partition coefficient (Wildman–Crippen LogP) is 5.83. The van der Waals surface area contributed by atoms with E-state index < -0.39 is 18.6 Å². The number of carbonyl (C=O) groups excluding carboxylic acids is 1. The smallest absolute Gasteiger partial charge is 0.482 e. The van der Waals surface area contributed by atoms with Crippen LogP contribution in [0.2, 0.25) is 5.02 Å². The van der Waals surface area contributed by atoms with Crippen molar-refractivity contribution in [2.24, 2.45) is 5.41 Å². The zero-order chi connectivity index (χ0) is 25.3. The number of aliphatic hydroxyl groups excluding tert-OH is 1. The zero-order valence-electron chi connectivity index (χ0n) is 19.0. The average molecular weight is 519 g/mol. The molecular weight excluding hydrogens is 497 g/mol. The lowest BCUT2D eigenvalue weighted by Crippen LogP contribution is -2.68. The number of benzene rings is 2. The molecule has 3 aromatic rings. The van der Waals surface area contributed by atoms with Crippen LogP contribution in [0.1, 0.15) is 43.8 Å². The van der Waals surface area contributed by atoms with Crippen molar-refractivity contribution in [1.29, 1.82) is 0 Å². The van der Waals surface area contributed by atoms with Gasteiger partial charge in [-0.2, -0.15) is 5.10 Å². The molecular formula is C26H22ClF3N2O4. The van der Waals surface area contributed by atoms with Crippen LogP contribution in [0.3, 0.4) is 0 Å². The van der Waals surface area contributed by atoms with E-state index in [0.717, 1.165) is 30.4 Å². The first-order chi connectivity index (χ1) is 17.0. The third-order valence-corrected chi connectivity index (χ3v) is 7.78. The van der Waals surface area contributed by atoms with Crippen molar-refractivity contribution < 1.29 is 32.5 Å². The van der Waals surface area contributed by atoms with E-state index in [9.17, 15) is 23.1 Å². The fraction of sp³-hybridized carbons (Fsp3) is 0.385. The number of aromatic nitrogens is 2. The van der Waals surface area contributed by atoms with Crippen molar-refractivity contribution in [3.63, 3.8) is 0 Å². The summed E-state index contributed by atoms with van der Waals surface area (Å²) in [6.07, 6.45) is 0.469. The number of hydrogen-bond acceptors (Lipinski definition) is 5. The number of alkyl halides is 3. The summed E-state index contributed by atoms with van der Waals surface area (Å²) in [5.74, 6) is 0.212. The number of halogens is 4. The molecule has 4 aliphatic rings.